The maximum absolute atomic E-state index is 14.3. The number of fused-ring (bicyclic) bond motifs is 1. The standard InChI is InChI=1S/C23H23ClFN3O7S/c1-11(27-22(32)35-23(2,3)4)20(30)34-10-33-18(16-6-5-7-36-16)17-12-8-14(25)13(24)9-15(12)28(19(17)29)21(26)31/h5-9,11H,10H2,1-4H3,(H2,26,31)(H,27,32)/b18-17+. The zero-order valence-electron chi connectivity index (χ0n) is 19.7. The van der Waals surface area contributed by atoms with Gasteiger partial charge in [0.15, 0.2) is 5.76 Å². The minimum absolute atomic E-state index is 0.0151. The number of esters is 1. The lowest BCUT2D eigenvalue weighted by Crippen LogP contribution is -2.42. The third-order valence-corrected chi connectivity index (χ3v) is 5.81. The molecule has 192 valence electrons. The Kier molecular flexibility index (Phi) is 7.89. The van der Waals surface area contributed by atoms with E-state index >= 15 is 0 Å². The topological polar surface area (TPSA) is 137 Å². The van der Waals surface area contributed by atoms with Crippen LogP contribution in [0.25, 0.3) is 11.3 Å². The minimum atomic E-state index is -1.10. The Morgan fingerprint density at radius 1 is 1.25 bits per heavy atom. The summed E-state index contributed by atoms with van der Waals surface area (Å²) in [5.41, 5.74) is 4.46. The molecule has 1 aliphatic heterocycles. The summed E-state index contributed by atoms with van der Waals surface area (Å²) in [4.78, 5) is 50.4. The second kappa shape index (κ2) is 10.5. The van der Waals surface area contributed by atoms with Crippen molar-refractivity contribution in [3.8, 4) is 0 Å². The van der Waals surface area contributed by atoms with Gasteiger partial charge in [0, 0.05) is 5.56 Å². The maximum atomic E-state index is 14.3. The van der Waals surface area contributed by atoms with Crippen molar-refractivity contribution in [2.24, 2.45) is 5.73 Å². The molecule has 1 aromatic carbocycles. The number of halogens is 2. The monoisotopic (exact) mass is 539 g/mol. The molecule has 10 nitrogen and oxygen atoms in total. The number of anilines is 1. The molecule has 2 aromatic rings. The van der Waals surface area contributed by atoms with E-state index in [4.69, 9.17) is 31.5 Å². The summed E-state index contributed by atoms with van der Waals surface area (Å²) in [6.45, 7) is 5.74. The first kappa shape index (κ1) is 27.0. The molecule has 0 saturated heterocycles. The van der Waals surface area contributed by atoms with E-state index in [-0.39, 0.29) is 27.6 Å². The Morgan fingerprint density at radius 2 is 1.94 bits per heavy atom. The van der Waals surface area contributed by atoms with Gasteiger partial charge in [-0.3, -0.25) is 4.79 Å². The molecular weight excluding hydrogens is 517 g/mol. The summed E-state index contributed by atoms with van der Waals surface area (Å²) < 4.78 is 30.1. The van der Waals surface area contributed by atoms with Gasteiger partial charge in [0.1, 0.15) is 17.5 Å². The van der Waals surface area contributed by atoms with Crippen LogP contribution in [0.3, 0.4) is 0 Å². The van der Waals surface area contributed by atoms with Crippen LogP contribution in [-0.4, -0.2) is 42.4 Å². The van der Waals surface area contributed by atoms with Crippen LogP contribution < -0.4 is 16.0 Å². The summed E-state index contributed by atoms with van der Waals surface area (Å²) in [6.07, 6.45) is -0.811. The summed E-state index contributed by atoms with van der Waals surface area (Å²) in [6, 6.07) is 3.22. The average Bonchev–Trinajstić information content (AvgIpc) is 3.37. The molecule has 1 aliphatic rings. The highest BCUT2D eigenvalue weighted by Gasteiger charge is 2.40. The van der Waals surface area contributed by atoms with Gasteiger partial charge in [0.25, 0.3) is 5.91 Å². The van der Waals surface area contributed by atoms with Gasteiger partial charge < -0.3 is 25.3 Å². The number of ether oxygens (including phenoxy) is 3. The summed E-state index contributed by atoms with van der Waals surface area (Å²) in [5.74, 6) is -2.60. The number of alkyl carbamates (subject to hydrolysis) is 1. The van der Waals surface area contributed by atoms with Crippen LogP contribution in [0, 0.1) is 5.82 Å². The first-order valence-corrected chi connectivity index (χ1v) is 11.8. The van der Waals surface area contributed by atoms with E-state index in [2.05, 4.69) is 5.32 Å². The number of hydrogen-bond donors (Lipinski definition) is 2. The van der Waals surface area contributed by atoms with Crippen LogP contribution in [-0.2, 0) is 23.8 Å². The zero-order chi connectivity index (χ0) is 26.8. The highest BCUT2D eigenvalue weighted by Crippen LogP contribution is 2.43. The molecule has 4 amide bonds. The van der Waals surface area contributed by atoms with E-state index in [1.165, 1.54) is 18.3 Å². The van der Waals surface area contributed by atoms with E-state index in [9.17, 15) is 23.6 Å². The number of thiophene rings is 1. The highest BCUT2D eigenvalue weighted by atomic mass is 35.5. The number of rotatable bonds is 6. The third-order valence-electron chi connectivity index (χ3n) is 4.65. The van der Waals surface area contributed by atoms with Crippen LogP contribution in [0.5, 0.6) is 0 Å². The lowest BCUT2D eigenvalue weighted by atomic mass is 10.0. The first-order valence-electron chi connectivity index (χ1n) is 10.5. The average molecular weight is 540 g/mol. The van der Waals surface area contributed by atoms with E-state index in [0.29, 0.717) is 9.78 Å². The second-order valence-electron chi connectivity index (χ2n) is 8.54. The molecule has 36 heavy (non-hydrogen) atoms. The van der Waals surface area contributed by atoms with E-state index in [0.717, 1.165) is 12.1 Å². The molecule has 1 unspecified atom stereocenters. The normalized spacial score (nSPS) is 15.2. The number of amides is 4. The molecule has 1 aromatic heterocycles. The smallest absolute Gasteiger partial charge is 0.408 e. The SMILES string of the molecule is CC(NC(=O)OC(C)(C)C)C(=O)OCO/C(=C1/C(=O)N(C(N)=O)c2cc(Cl)c(F)cc21)c1cccs1. The Balaban J connectivity index is 1.86. The fourth-order valence-corrected chi connectivity index (χ4v) is 4.07. The Labute approximate surface area is 214 Å². The third kappa shape index (κ3) is 5.94. The van der Waals surface area contributed by atoms with Gasteiger partial charge in [-0.15, -0.1) is 11.3 Å². The number of imide groups is 1. The largest absolute Gasteiger partial charge is 0.455 e. The predicted molar refractivity (Wildman–Crippen MR) is 130 cm³/mol. The van der Waals surface area contributed by atoms with Gasteiger partial charge in [-0.05, 0) is 51.3 Å². The molecule has 0 saturated carbocycles. The number of nitrogens with zero attached hydrogens (tertiary/aromatic N) is 1. The van der Waals surface area contributed by atoms with Gasteiger partial charge in [0.05, 0.1) is 21.2 Å². The van der Waals surface area contributed by atoms with Crippen LogP contribution in [0.4, 0.5) is 19.7 Å². The molecule has 1 atom stereocenters. The van der Waals surface area contributed by atoms with Crippen LogP contribution in [0.15, 0.2) is 29.6 Å². The Hall–Kier alpha value is -3.64. The number of benzene rings is 1. The van der Waals surface area contributed by atoms with Crippen LogP contribution >= 0.6 is 22.9 Å². The Bertz CT molecular complexity index is 1240. The lowest BCUT2D eigenvalue weighted by molar-refractivity contribution is -0.153. The number of urea groups is 1. The lowest BCUT2D eigenvalue weighted by Gasteiger charge is -2.21. The first-order chi connectivity index (χ1) is 16.8. The zero-order valence-corrected chi connectivity index (χ0v) is 21.3. The molecular formula is C23H23ClFN3O7S. The number of carbonyl (C=O) groups is 4. The molecule has 3 N–H and O–H groups in total. The van der Waals surface area contributed by atoms with Crippen molar-refractivity contribution in [1.82, 2.24) is 5.32 Å². The second-order valence-corrected chi connectivity index (χ2v) is 9.89. The number of carbonyl (C=O) groups excluding carboxylic acids is 4. The quantitative estimate of drug-likeness (QED) is 0.242. The van der Waals surface area contributed by atoms with Crippen molar-refractivity contribution in [1.29, 1.82) is 0 Å². The van der Waals surface area contributed by atoms with Gasteiger partial charge >= 0.3 is 18.1 Å². The molecule has 13 heteroatoms. The van der Waals surface area contributed by atoms with Gasteiger partial charge in [-0.1, -0.05) is 17.7 Å². The molecule has 0 radical (unpaired) electrons. The highest BCUT2D eigenvalue weighted by molar-refractivity contribution is 7.11. The number of nitrogens with two attached hydrogens (primary N) is 1. The van der Waals surface area contributed by atoms with Crippen molar-refractivity contribution in [2.75, 3.05) is 11.7 Å². The van der Waals surface area contributed by atoms with Crippen molar-refractivity contribution >= 4 is 64.0 Å². The van der Waals surface area contributed by atoms with Gasteiger partial charge in [-0.25, -0.2) is 23.7 Å². The van der Waals surface area contributed by atoms with Crippen molar-refractivity contribution in [3.63, 3.8) is 0 Å². The summed E-state index contributed by atoms with van der Waals surface area (Å²) in [5, 5.41) is 3.73. The maximum Gasteiger partial charge on any atom is 0.408 e. The molecule has 2 heterocycles. The van der Waals surface area contributed by atoms with E-state index in [1.54, 1.807) is 38.3 Å². The summed E-state index contributed by atoms with van der Waals surface area (Å²) >= 11 is 7.04. The number of nitrogens with one attached hydrogen (secondary N) is 1. The van der Waals surface area contributed by atoms with Crippen LogP contribution in [0.2, 0.25) is 5.02 Å². The van der Waals surface area contributed by atoms with E-state index < -0.39 is 48.3 Å². The number of primary amides is 1. The predicted octanol–water partition coefficient (Wildman–Crippen LogP) is 4.26. The Morgan fingerprint density at radius 3 is 2.53 bits per heavy atom. The van der Waals surface area contributed by atoms with Crippen molar-refractivity contribution < 1.29 is 37.8 Å². The number of hydrogen-bond acceptors (Lipinski definition) is 8. The molecule has 3 rings (SSSR count). The fraction of sp³-hybridized carbons (Fsp3) is 0.304. The summed E-state index contributed by atoms with van der Waals surface area (Å²) in [7, 11) is 0. The molecule has 0 bridgehead atoms. The van der Waals surface area contributed by atoms with Gasteiger partial charge in [0.2, 0.25) is 6.79 Å². The van der Waals surface area contributed by atoms with E-state index in [1.807, 2.05) is 0 Å². The molecule has 0 aliphatic carbocycles. The van der Waals surface area contributed by atoms with Crippen LogP contribution in [0.1, 0.15) is 38.1 Å². The fourth-order valence-electron chi connectivity index (χ4n) is 3.19. The molecule has 0 spiro atoms. The van der Waals surface area contributed by atoms with Crippen molar-refractivity contribution in [3.05, 3.63) is 50.9 Å². The minimum Gasteiger partial charge on any atom is -0.455 e. The molecule has 0 fully saturated rings. The van der Waals surface area contributed by atoms with Crippen molar-refractivity contribution in [2.45, 2.75) is 39.3 Å². The van der Waals surface area contributed by atoms with Gasteiger partial charge in [-0.2, -0.15) is 0 Å².